The maximum Gasteiger partial charge on any atom is 0.360 e. The largest absolute Gasteiger partial charge is 0.421 e. The number of amides is 1. The van der Waals surface area contributed by atoms with Crippen LogP contribution in [0.15, 0.2) is 33.5 Å². The molecular weight excluding hydrogens is 278 g/mol. The molecule has 1 amide bonds. The fraction of sp³-hybridized carbons (Fsp3) is 0.154. The highest BCUT2D eigenvalue weighted by Gasteiger charge is 2.18. The van der Waals surface area contributed by atoms with Crippen molar-refractivity contribution in [3.63, 3.8) is 0 Å². The molecule has 2 rings (SSSR count). The molecule has 0 aliphatic heterocycles. The number of hydrogen-bond acceptors (Lipinski definition) is 6. The summed E-state index contributed by atoms with van der Waals surface area (Å²) in [6, 6.07) is 6.81. The highest BCUT2D eigenvalue weighted by atomic mass is 16.6. The van der Waals surface area contributed by atoms with Crippen LogP contribution in [0.3, 0.4) is 0 Å². The van der Waals surface area contributed by atoms with E-state index in [-0.39, 0.29) is 23.5 Å². The second-order valence-electron chi connectivity index (χ2n) is 4.16. The number of hydrogen-bond donors (Lipinski definition) is 0. The van der Waals surface area contributed by atoms with E-state index in [1.54, 1.807) is 6.07 Å². The van der Waals surface area contributed by atoms with Crippen molar-refractivity contribution >= 4 is 28.3 Å². The Kier molecular flexibility index (Phi) is 3.67. The monoisotopic (exact) mass is 287 g/mol. The van der Waals surface area contributed by atoms with Crippen molar-refractivity contribution in [2.75, 3.05) is 11.4 Å². The van der Waals surface area contributed by atoms with E-state index in [9.17, 15) is 19.7 Å². The molecule has 0 unspecified atom stereocenters. The highest BCUT2D eigenvalue weighted by molar-refractivity contribution is 5.93. The summed E-state index contributed by atoms with van der Waals surface area (Å²) < 4.78 is 5.02. The number of rotatable bonds is 3. The molecule has 21 heavy (non-hydrogen) atoms. The fourth-order valence-corrected chi connectivity index (χ4v) is 1.84. The summed E-state index contributed by atoms with van der Waals surface area (Å²) in [5.41, 5.74) is -0.925. The summed E-state index contributed by atoms with van der Waals surface area (Å²) in [4.78, 5) is 34.5. The minimum atomic E-state index is -0.790. The Balaban J connectivity index is 2.67. The zero-order valence-electron chi connectivity index (χ0n) is 10.9. The van der Waals surface area contributed by atoms with E-state index in [0.717, 1.165) is 4.90 Å². The fourth-order valence-electron chi connectivity index (χ4n) is 1.84. The third-order valence-corrected chi connectivity index (χ3v) is 2.81. The van der Waals surface area contributed by atoms with Crippen molar-refractivity contribution in [2.45, 2.75) is 6.92 Å². The van der Waals surface area contributed by atoms with Crippen LogP contribution in [0.5, 0.6) is 0 Å². The maximum absolute atomic E-state index is 11.9. The first-order valence-corrected chi connectivity index (χ1v) is 5.81. The van der Waals surface area contributed by atoms with Gasteiger partial charge in [0, 0.05) is 24.4 Å². The molecule has 0 aliphatic carbocycles. The van der Waals surface area contributed by atoms with Crippen LogP contribution in [0.1, 0.15) is 6.92 Å². The lowest BCUT2D eigenvalue weighted by Gasteiger charge is -2.16. The molecular formula is C13H9N3O5. The molecule has 8 heteroatoms. The van der Waals surface area contributed by atoms with E-state index in [1.807, 2.05) is 0 Å². The maximum atomic E-state index is 11.9. The summed E-state index contributed by atoms with van der Waals surface area (Å²) in [7, 11) is 0. The third kappa shape index (κ3) is 2.71. The summed E-state index contributed by atoms with van der Waals surface area (Å²) in [5, 5.41) is 19.7. The quantitative estimate of drug-likeness (QED) is 0.366. The van der Waals surface area contributed by atoms with Gasteiger partial charge in [-0.25, -0.2) is 4.79 Å². The third-order valence-electron chi connectivity index (χ3n) is 2.81. The lowest BCUT2D eigenvalue weighted by atomic mass is 10.2. The van der Waals surface area contributed by atoms with Gasteiger partial charge in [0.05, 0.1) is 11.0 Å². The topological polar surface area (TPSA) is 117 Å². The zero-order valence-corrected chi connectivity index (χ0v) is 10.9. The van der Waals surface area contributed by atoms with Crippen LogP contribution in [-0.4, -0.2) is 17.4 Å². The van der Waals surface area contributed by atoms with Crippen molar-refractivity contribution in [3.8, 4) is 6.07 Å². The van der Waals surface area contributed by atoms with Gasteiger partial charge < -0.3 is 4.42 Å². The predicted octanol–water partition coefficient (Wildman–Crippen LogP) is 1.58. The normalized spacial score (nSPS) is 10.1. The average Bonchev–Trinajstić information content (AvgIpc) is 2.43. The molecule has 0 aliphatic rings. The van der Waals surface area contributed by atoms with Gasteiger partial charge in [-0.15, -0.1) is 0 Å². The zero-order chi connectivity index (χ0) is 15.6. The highest BCUT2D eigenvalue weighted by Crippen LogP contribution is 2.23. The Morgan fingerprint density at radius 1 is 1.48 bits per heavy atom. The molecule has 0 radical (unpaired) electrons. The second-order valence-corrected chi connectivity index (χ2v) is 4.16. The molecule has 0 atom stereocenters. The van der Waals surface area contributed by atoms with Gasteiger partial charge in [0.25, 0.3) is 5.69 Å². The number of nitro groups is 1. The van der Waals surface area contributed by atoms with Crippen LogP contribution in [0.4, 0.5) is 11.4 Å². The van der Waals surface area contributed by atoms with Crippen molar-refractivity contribution < 1.29 is 14.1 Å². The number of carbonyl (C=O) groups excluding carboxylic acids is 1. The number of anilines is 1. The van der Waals surface area contributed by atoms with E-state index < -0.39 is 16.5 Å². The van der Waals surface area contributed by atoms with Gasteiger partial charge in [-0.1, -0.05) is 0 Å². The Bertz CT molecular complexity index is 834. The lowest BCUT2D eigenvalue weighted by Crippen LogP contribution is -2.32. The summed E-state index contributed by atoms with van der Waals surface area (Å²) >= 11 is 0. The first kappa shape index (κ1) is 14.2. The summed E-state index contributed by atoms with van der Waals surface area (Å²) in [6.07, 6.45) is 0. The average molecular weight is 287 g/mol. The van der Waals surface area contributed by atoms with Crippen LogP contribution < -0.4 is 10.5 Å². The van der Waals surface area contributed by atoms with Crippen LogP contribution >= 0.6 is 0 Å². The number of nitro benzene ring substituents is 1. The van der Waals surface area contributed by atoms with E-state index in [1.165, 1.54) is 31.2 Å². The van der Waals surface area contributed by atoms with Crippen molar-refractivity contribution in [1.29, 1.82) is 5.26 Å². The summed E-state index contributed by atoms with van der Waals surface area (Å²) in [5.74, 6) is -0.506. The first-order chi connectivity index (χ1) is 9.93. The van der Waals surface area contributed by atoms with Gasteiger partial charge in [0.2, 0.25) is 5.91 Å². The van der Waals surface area contributed by atoms with E-state index in [2.05, 4.69) is 0 Å². The molecule has 1 aromatic heterocycles. The molecule has 0 spiro atoms. The molecule has 0 saturated carbocycles. The minimum Gasteiger partial charge on any atom is -0.421 e. The van der Waals surface area contributed by atoms with Gasteiger partial charge in [0.1, 0.15) is 17.8 Å². The number of benzene rings is 1. The Morgan fingerprint density at radius 3 is 2.76 bits per heavy atom. The summed E-state index contributed by atoms with van der Waals surface area (Å²) in [6.45, 7) is 0.884. The molecule has 0 saturated heterocycles. The number of carbonyl (C=O) groups is 1. The molecule has 0 N–H and O–H groups in total. The Hall–Kier alpha value is -3.21. The second kappa shape index (κ2) is 5.42. The lowest BCUT2D eigenvalue weighted by molar-refractivity contribution is -0.384. The number of fused-ring (bicyclic) bond motifs is 1. The van der Waals surface area contributed by atoms with Crippen LogP contribution in [0, 0.1) is 21.4 Å². The molecule has 8 nitrogen and oxygen atoms in total. The Labute approximate surface area is 118 Å². The van der Waals surface area contributed by atoms with Crippen molar-refractivity contribution in [2.24, 2.45) is 0 Å². The van der Waals surface area contributed by atoms with Crippen LogP contribution in [0.2, 0.25) is 0 Å². The predicted molar refractivity (Wildman–Crippen MR) is 72.8 cm³/mol. The SMILES string of the molecule is CC(=O)N(CC#N)c1cc2cc([N+](=O)[O-])ccc2oc1=O. The number of nitrogens with zero attached hydrogens (tertiary/aromatic N) is 3. The van der Waals surface area contributed by atoms with Gasteiger partial charge in [0.15, 0.2) is 0 Å². The molecule has 0 bridgehead atoms. The Morgan fingerprint density at radius 2 is 2.19 bits per heavy atom. The smallest absolute Gasteiger partial charge is 0.360 e. The molecule has 1 heterocycles. The van der Waals surface area contributed by atoms with E-state index in [4.69, 9.17) is 9.68 Å². The van der Waals surface area contributed by atoms with E-state index in [0.29, 0.717) is 5.39 Å². The van der Waals surface area contributed by atoms with Gasteiger partial charge in [-0.05, 0) is 12.1 Å². The number of nitriles is 1. The standard InChI is InChI=1S/C13H9N3O5/c1-8(17)15(5-4-14)11-7-9-6-10(16(19)20)2-3-12(9)21-13(11)18/h2-3,6-7H,5H2,1H3. The van der Waals surface area contributed by atoms with Gasteiger partial charge in [-0.2, -0.15) is 5.26 Å². The van der Waals surface area contributed by atoms with Crippen molar-refractivity contribution in [1.82, 2.24) is 0 Å². The van der Waals surface area contributed by atoms with Crippen molar-refractivity contribution in [3.05, 3.63) is 44.8 Å². The molecule has 0 fully saturated rings. The number of non-ortho nitro benzene ring substituents is 1. The van der Waals surface area contributed by atoms with Crippen LogP contribution in [0.25, 0.3) is 11.0 Å². The van der Waals surface area contributed by atoms with Gasteiger partial charge in [-0.3, -0.25) is 19.8 Å². The van der Waals surface area contributed by atoms with Crippen LogP contribution in [-0.2, 0) is 4.79 Å². The molecule has 2 aromatic rings. The molecule has 1 aromatic carbocycles. The molecule has 106 valence electrons. The first-order valence-electron chi connectivity index (χ1n) is 5.81. The minimum absolute atomic E-state index is 0.128. The van der Waals surface area contributed by atoms with E-state index >= 15 is 0 Å². The van der Waals surface area contributed by atoms with Gasteiger partial charge >= 0.3 is 5.63 Å².